The Balaban J connectivity index is 3.30. The molecule has 0 unspecified atom stereocenters. The number of nitrogens with one attached hydrogen (secondary N) is 1. The van der Waals surface area contributed by atoms with Crippen molar-refractivity contribution in [1.29, 1.82) is 5.26 Å². The second-order valence-corrected chi connectivity index (χ2v) is 2.56. The zero-order valence-corrected chi connectivity index (χ0v) is 7.53. The monoisotopic (exact) mass is 178 g/mol. The minimum absolute atomic E-state index is 0.0619. The Bertz CT molecular complexity index is 390. The molecule has 68 valence electrons. The predicted molar refractivity (Wildman–Crippen MR) is 48.5 cm³/mol. The van der Waals surface area contributed by atoms with E-state index in [1.54, 1.807) is 11.9 Å². The number of H-pyrrole nitrogens is 1. The molecule has 0 amide bonds. The molecule has 1 rings (SSSR count). The summed E-state index contributed by atoms with van der Waals surface area (Å²) in [4.78, 5) is 19.2. The molecule has 0 spiro atoms. The lowest BCUT2D eigenvalue weighted by Crippen LogP contribution is -2.23. The first-order valence-corrected chi connectivity index (χ1v) is 3.89. The van der Waals surface area contributed by atoms with Gasteiger partial charge in [-0.15, -0.1) is 0 Å². The van der Waals surface area contributed by atoms with E-state index in [-0.39, 0.29) is 5.56 Å². The highest BCUT2D eigenvalue weighted by Gasteiger charge is 2.10. The standard InChI is InChI=1S/C8H10N4O/c1-3-12(2)7-6(4-9)8(13)11-5-10-7/h5H,3H2,1-2H3,(H,10,11,13). The number of nitrogens with zero attached hydrogens (tertiary/aromatic N) is 3. The lowest BCUT2D eigenvalue weighted by Gasteiger charge is -2.15. The summed E-state index contributed by atoms with van der Waals surface area (Å²) in [6, 6.07) is 1.83. The molecule has 0 aromatic carbocycles. The van der Waals surface area contributed by atoms with Crippen molar-refractivity contribution in [2.45, 2.75) is 6.92 Å². The minimum atomic E-state index is -0.396. The summed E-state index contributed by atoms with van der Waals surface area (Å²) >= 11 is 0. The molecule has 0 saturated carbocycles. The van der Waals surface area contributed by atoms with E-state index in [1.165, 1.54) is 6.33 Å². The van der Waals surface area contributed by atoms with E-state index in [0.717, 1.165) is 0 Å². The molecule has 0 aliphatic heterocycles. The van der Waals surface area contributed by atoms with Crippen LogP contribution in [0.15, 0.2) is 11.1 Å². The molecule has 0 aliphatic rings. The topological polar surface area (TPSA) is 72.8 Å². The van der Waals surface area contributed by atoms with Crippen LogP contribution in [0.3, 0.4) is 0 Å². The fourth-order valence-corrected chi connectivity index (χ4v) is 0.930. The molecule has 1 N–H and O–H groups in total. The molecule has 0 aliphatic carbocycles. The molecule has 5 nitrogen and oxygen atoms in total. The SMILES string of the molecule is CCN(C)c1nc[nH]c(=O)c1C#N. The molecule has 13 heavy (non-hydrogen) atoms. The van der Waals surface area contributed by atoms with Crippen LogP contribution in [0.25, 0.3) is 0 Å². The summed E-state index contributed by atoms with van der Waals surface area (Å²) in [6.07, 6.45) is 1.30. The van der Waals surface area contributed by atoms with Crippen LogP contribution in [0.2, 0.25) is 0 Å². The molecule has 0 atom stereocenters. The van der Waals surface area contributed by atoms with Crippen LogP contribution >= 0.6 is 0 Å². The van der Waals surface area contributed by atoms with Gasteiger partial charge in [0.1, 0.15) is 6.07 Å². The highest BCUT2D eigenvalue weighted by molar-refractivity contribution is 5.51. The minimum Gasteiger partial charge on any atom is -0.359 e. The van der Waals surface area contributed by atoms with Crippen LogP contribution in [0.4, 0.5) is 5.82 Å². The average molecular weight is 178 g/mol. The number of hydrogen-bond acceptors (Lipinski definition) is 4. The predicted octanol–water partition coefficient (Wildman–Crippen LogP) is 0.0977. The van der Waals surface area contributed by atoms with E-state index in [1.807, 2.05) is 13.0 Å². The van der Waals surface area contributed by atoms with Gasteiger partial charge in [-0.2, -0.15) is 5.26 Å². The molecule has 0 saturated heterocycles. The smallest absolute Gasteiger partial charge is 0.270 e. The van der Waals surface area contributed by atoms with Gasteiger partial charge in [0, 0.05) is 13.6 Å². The van der Waals surface area contributed by atoms with Gasteiger partial charge in [0.25, 0.3) is 5.56 Å². The van der Waals surface area contributed by atoms with E-state index in [9.17, 15) is 4.79 Å². The van der Waals surface area contributed by atoms with Gasteiger partial charge in [0.05, 0.1) is 6.33 Å². The van der Waals surface area contributed by atoms with Crippen molar-refractivity contribution in [1.82, 2.24) is 9.97 Å². The first-order valence-electron chi connectivity index (χ1n) is 3.89. The lowest BCUT2D eigenvalue weighted by atomic mass is 10.3. The van der Waals surface area contributed by atoms with Gasteiger partial charge < -0.3 is 9.88 Å². The van der Waals surface area contributed by atoms with Crippen LogP contribution in [0, 0.1) is 11.3 Å². The number of aromatic amines is 1. The molecule has 0 bridgehead atoms. The summed E-state index contributed by atoms with van der Waals surface area (Å²) in [5, 5.41) is 8.71. The van der Waals surface area contributed by atoms with E-state index in [0.29, 0.717) is 12.4 Å². The van der Waals surface area contributed by atoms with Gasteiger partial charge >= 0.3 is 0 Å². The normalized spacial score (nSPS) is 9.31. The molecule has 5 heteroatoms. The molecule has 1 aromatic rings. The van der Waals surface area contributed by atoms with Crippen molar-refractivity contribution < 1.29 is 0 Å². The Morgan fingerprint density at radius 1 is 1.77 bits per heavy atom. The van der Waals surface area contributed by atoms with Gasteiger partial charge in [-0.05, 0) is 6.92 Å². The average Bonchev–Trinajstić information content (AvgIpc) is 2.16. The van der Waals surface area contributed by atoms with Gasteiger partial charge in [-0.25, -0.2) is 4.98 Å². The Kier molecular flexibility index (Phi) is 2.65. The van der Waals surface area contributed by atoms with Crippen molar-refractivity contribution in [2.24, 2.45) is 0 Å². The van der Waals surface area contributed by atoms with Crippen molar-refractivity contribution in [3.8, 4) is 6.07 Å². The number of hydrogen-bond donors (Lipinski definition) is 1. The van der Waals surface area contributed by atoms with Crippen LogP contribution in [-0.2, 0) is 0 Å². The fraction of sp³-hybridized carbons (Fsp3) is 0.375. The zero-order chi connectivity index (χ0) is 9.84. The highest BCUT2D eigenvalue weighted by Crippen LogP contribution is 2.08. The summed E-state index contributed by atoms with van der Waals surface area (Å²) in [5.74, 6) is 0.425. The number of anilines is 1. The summed E-state index contributed by atoms with van der Waals surface area (Å²) in [5.41, 5.74) is -0.334. The Morgan fingerprint density at radius 2 is 2.46 bits per heavy atom. The quantitative estimate of drug-likeness (QED) is 0.697. The Hall–Kier alpha value is -1.83. The Morgan fingerprint density at radius 3 is 3.00 bits per heavy atom. The second-order valence-electron chi connectivity index (χ2n) is 2.56. The van der Waals surface area contributed by atoms with Gasteiger partial charge in [0.15, 0.2) is 11.4 Å². The summed E-state index contributed by atoms with van der Waals surface area (Å²) in [6.45, 7) is 2.62. The molecular formula is C8H10N4O. The van der Waals surface area contributed by atoms with E-state index in [4.69, 9.17) is 5.26 Å². The molecule has 1 heterocycles. The number of rotatable bonds is 2. The van der Waals surface area contributed by atoms with Crippen molar-refractivity contribution in [3.63, 3.8) is 0 Å². The van der Waals surface area contributed by atoms with E-state index in [2.05, 4.69) is 9.97 Å². The molecule has 1 aromatic heterocycles. The first kappa shape index (κ1) is 9.26. The molecular weight excluding hydrogens is 168 g/mol. The van der Waals surface area contributed by atoms with E-state index < -0.39 is 5.56 Å². The molecule has 0 fully saturated rings. The van der Waals surface area contributed by atoms with Crippen LogP contribution in [-0.4, -0.2) is 23.6 Å². The summed E-state index contributed by atoms with van der Waals surface area (Å²) in [7, 11) is 1.78. The van der Waals surface area contributed by atoms with Crippen molar-refractivity contribution in [3.05, 3.63) is 22.2 Å². The van der Waals surface area contributed by atoms with Crippen LogP contribution in [0.5, 0.6) is 0 Å². The number of nitriles is 1. The highest BCUT2D eigenvalue weighted by atomic mass is 16.1. The zero-order valence-electron chi connectivity index (χ0n) is 7.53. The maximum atomic E-state index is 11.1. The third kappa shape index (κ3) is 1.67. The van der Waals surface area contributed by atoms with Crippen molar-refractivity contribution >= 4 is 5.82 Å². The second kappa shape index (κ2) is 3.72. The maximum Gasteiger partial charge on any atom is 0.270 e. The fourth-order valence-electron chi connectivity index (χ4n) is 0.930. The van der Waals surface area contributed by atoms with Crippen molar-refractivity contribution in [2.75, 3.05) is 18.5 Å². The largest absolute Gasteiger partial charge is 0.359 e. The van der Waals surface area contributed by atoms with Crippen LogP contribution < -0.4 is 10.5 Å². The van der Waals surface area contributed by atoms with Gasteiger partial charge in [-0.1, -0.05) is 0 Å². The van der Waals surface area contributed by atoms with Crippen LogP contribution in [0.1, 0.15) is 12.5 Å². The van der Waals surface area contributed by atoms with Gasteiger partial charge in [-0.3, -0.25) is 4.79 Å². The number of aromatic nitrogens is 2. The lowest BCUT2D eigenvalue weighted by molar-refractivity contribution is 0.917. The maximum absolute atomic E-state index is 11.1. The van der Waals surface area contributed by atoms with E-state index >= 15 is 0 Å². The first-order chi connectivity index (χ1) is 6.20. The summed E-state index contributed by atoms with van der Waals surface area (Å²) < 4.78 is 0. The molecule has 0 radical (unpaired) electrons. The van der Waals surface area contributed by atoms with Gasteiger partial charge in [0.2, 0.25) is 0 Å². The third-order valence-corrected chi connectivity index (χ3v) is 1.78. The Labute approximate surface area is 75.6 Å². The third-order valence-electron chi connectivity index (χ3n) is 1.78.